The summed E-state index contributed by atoms with van der Waals surface area (Å²) in [4.78, 5) is 39.0. The van der Waals surface area contributed by atoms with E-state index in [0.29, 0.717) is 35.1 Å². The lowest BCUT2D eigenvalue weighted by molar-refractivity contribution is -0.123. The summed E-state index contributed by atoms with van der Waals surface area (Å²) in [5.41, 5.74) is 2.03. The number of thioether (sulfide) groups is 1. The smallest absolute Gasteiger partial charge is 0.323 e. The third-order valence-corrected chi connectivity index (χ3v) is 5.48. The average Bonchev–Trinajstić information content (AvgIpc) is 2.74. The van der Waals surface area contributed by atoms with Gasteiger partial charge in [-0.25, -0.2) is 4.79 Å². The Morgan fingerprint density at radius 1 is 1.23 bits per heavy atom. The first-order valence-corrected chi connectivity index (χ1v) is 11.2. The Labute approximate surface area is 184 Å². The fraction of sp³-hybridized carbons (Fsp3) is 0.286. The average molecular weight is 447 g/mol. The van der Waals surface area contributed by atoms with Crippen LogP contribution in [0.2, 0.25) is 5.02 Å². The van der Waals surface area contributed by atoms with Gasteiger partial charge in [-0.15, -0.1) is 0 Å². The van der Waals surface area contributed by atoms with Crippen molar-refractivity contribution in [2.45, 2.75) is 19.0 Å². The number of carbonyl (C=O) groups is 3. The quantitative estimate of drug-likeness (QED) is 0.609. The van der Waals surface area contributed by atoms with Crippen molar-refractivity contribution >= 4 is 52.6 Å². The number of anilines is 2. The Hall–Kier alpha value is -2.71. The molecule has 1 aliphatic heterocycles. The summed E-state index contributed by atoms with van der Waals surface area (Å²) in [6, 6.07) is 13.1. The lowest BCUT2D eigenvalue weighted by Gasteiger charge is -2.30. The number of hydrogen-bond acceptors (Lipinski definition) is 4. The minimum absolute atomic E-state index is 0.109. The number of benzene rings is 2. The molecular formula is C21H23ClN4O3S. The molecule has 0 radical (unpaired) electrons. The van der Waals surface area contributed by atoms with Crippen LogP contribution in [0.15, 0.2) is 48.5 Å². The fourth-order valence-electron chi connectivity index (χ4n) is 3.11. The van der Waals surface area contributed by atoms with Crippen molar-refractivity contribution in [3.8, 4) is 0 Å². The first-order chi connectivity index (χ1) is 14.5. The first-order valence-electron chi connectivity index (χ1n) is 9.46. The molecule has 4 amide bonds. The fourth-order valence-corrected chi connectivity index (χ4v) is 3.79. The van der Waals surface area contributed by atoms with E-state index in [2.05, 4.69) is 16.0 Å². The van der Waals surface area contributed by atoms with Crippen molar-refractivity contribution in [2.75, 3.05) is 28.8 Å². The van der Waals surface area contributed by atoms with Gasteiger partial charge in [0, 0.05) is 11.6 Å². The van der Waals surface area contributed by atoms with Crippen molar-refractivity contribution in [3.63, 3.8) is 0 Å². The van der Waals surface area contributed by atoms with E-state index in [1.54, 1.807) is 48.2 Å². The van der Waals surface area contributed by atoms with Gasteiger partial charge in [-0.05, 0) is 48.3 Å². The number of rotatable bonds is 7. The summed E-state index contributed by atoms with van der Waals surface area (Å²) >= 11 is 7.58. The Morgan fingerprint density at radius 3 is 2.80 bits per heavy atom. The Balaban J connectivity index is 1.68. The maximum atomic E-state index is 12.9. The summed E-state index contributed by atoms with van der Waals surface area (Å²) < 4.78 is 0. The number of nitrogens with one attached hydrogen (secondary N) is 3. The molecule has 0 spiro atoms. The minimum atomic E-state index is -0.721. The summed E-state index contributed by atoms with van der Waals surface area (Å²) in [6.45, 7) is 0.197. The predicted octanol–water partition coefficient (Wildman–Crippen LogP) is 3.25. The van der Waals surface area contributed by atoms with Gasteiger partial charge in [-0.2, -0.15) is 11.8 Å². The lowest BCUT2D eigenvalue weighted by atomic mass is 10.1. The topological polar surface area (TPSA) is 90.5 Å². The van der Waals surface area contributed by atoms with Gasteiger partial charge in [-0.3, -0.25) is 14.5 Å². The third-order valence-electron chi connectivity index (χ3n) is 4.60. The molecule has 7 nitrogen and oxygen atoms in total. The zero-order chi connectivity index (χ0) is 21.5. The van der Waals surface area contributed by atoms with Crippen molar-refractivity contribution in [1.82, 2.24) is 10.6 Å². The highest BCUT2D eigenvalue weighted by Crippen LogP contribution is 2.28. The van der Waals surface area contributed by atoms with Crippen LogP contribution in [0.1, 0.15) is 12.0 Å². The Kier molecular flexibility index (Phi) is 7.59. The maximum Gasteiger partial charge on any atom is 0.323 e. The van der Waals surface area contributed by atoms with Crippen molar-refractivity contribution in [2.24, 2.45) is 0 Å². The third kappa shape index (κ3) is 5.67. The molecule has 1 aliphatic rings. The zero-order valence-corrected chi connectivity index (χ0v) is 18.1. The highest BCUT2D eigenvalue weighted by molar-refractivity contribution is 7.98. The van der Waals surface area contributed by atoms with Crippen molar-refractivity contribution < 1.29 is 14.4 Å². The highest BCUT2D eigenvalue weighted by Gasteiger charge is 2.29. The van der Waals surface area contributed by atoms with Crippen LogP contribution in [0.4, 0.5) is 16.2 Å². The molecule has 3 N–H and O–H groups in total. The van der Waals surface area contributed by atoms with E-state index in [-0.39, 0.29) is 18.4 Å². The van der Waals surface area contributed by atoms with Gasteiger partial charge in [0.05, 0.1) is 11.4 Å². The number of halogens is 1. The SMILES string of the molecule is CSCCC(NC(=O)N1CC(=O)Nc2ccccc21)C(=O)NCc1cccc(Cl)c1. The number of nitrogens with zero attached hydrogens (tertiary/aromatic N) is 1. The molecule has 2 aromatic rings. The number of amides is 4. The number of carbonyl (C=O) groups excluding carboxylic acids is 3. The second kappa shape index (κ2) is 10.4. The number of fused-ring (bicyclic) bond motifs is 1. The van der Waals surface area contributed by atoms with Gasteiger partial charge in [0.2, 0.25) is 11.8 Å². The largest absolute Gasteiger partial charge is 0.350 e. The zero-order valence-electron chi connectivity index (χ0n) is 16.5. The van der Waals surface area contributed by atoms with Gasteiger partial charge < -0.3 is 16.0 Å². The summed E-state index contributed by atoms with van der Waals surface area (Å²) in [5, 5.41) is 8.98. The molecule has 0 saturated carbocycles. The van der Waals surface area contributed by atoms with Crippen LogP contribution >= 0.6 is 23.4 Å². The molecule has 3 rings (SSSR count). The number of hydrogen-bond donors (Lipinski definition) is 3. The minimum Gasteiger partial charge on any atom is -0.350 e. The van der Waals surface area contributed by atoms with E-state index >= 15 is 0 Å². The van der Waals surface area contributed by atoms with E-state index in [0.717, 1.165) is 5.56 Å². The van der Waals surface area contributed by atoms with E-state index < -0.39 is 12.1 Å². The van der Waals surface area contributed by atoms with Gasteiger partial charge in [-0.1, -0.05) is 35.9 Å². The number of para-hydroxylation sites is 2. The van der Waals surface area contributed by atoms with Gasteiger partial charge >= 0.3 is 6.03 Å². The van der Waals surface area contributed by atoms with Crippen molar-refractivity contribution in [3.05, 3.63) is 59.1 Å². The van der Waals surface area contributed by atoms with Crippen LogP contribution in [-0.2, 0) is 16.1 Å². The Bertz CT molecular complexity index is 940. The molecule has 2 aromatic carbocycles. The molecular weight excluding hydrogens is 424 g/mol. The molecule has 0 fully saturated rings. The molecule has 9 heteroatoms. The molecule has 0 bridgehead atoms. The van der Waals surface area contributed by atoms with E-state index in [1.807, 2.05) is 18.4 Å². The summed E-state index contributed by atoms with van der Waals surface area (Å²) in [5.74, 6) is 0.133. The van der Waals surface area contributed by atoms with Gasteiger partial charge in [0.25, 0.3) is 0 Å². The molecule has 1 atom stereocenters. The highest BCUT2D eigenvalue weighted by atomic mass is 35.5. The molecule has 158 valence electrons. The summed E-state index contributed by atoms with van der Waals surface area (Å²) in [6.07, 6.45) is 2.41. The van der Waals surface area contributed by atoms with Crippen molar-refractivity contribution in [1.29, 1.82) is 0 Å². The molecule has 1 heterocycles. The summed E-state index contributed by atoms with van der Waals surface area (Å²) in [7, 11) is 0. The second-order valence-corrected chi connectivity index (χ2v) is 8.20. The van der Waals surface area contributed by atoms with Crippen LogP contribution in [0.3, 0.4) is 0 Å². The van der Waals surface area contributed by atoms with Crippen LogP contribution in [0.5, 0.6) is 0 Å². The van der Waals surface area contributed by atoms with Crippen LogP contribution in [-0.4, -0.2) is 42.4 Å². The normalized spacial score (nSPS) is 13.8. The van der Waals surface area contributed by atoms with Crippen LogP contribution < -0.4 is 20.9 Å². The van der Waals surface area contributed by atoms with Gasteiger partial charge in [0.15, 0.2) is 0 Å². The predicted molar refractivity (Wildman–Crippen MR) is 121 cm³/mol. The first kappa shape index (κ1) is 22.0. The van der Waals surface area contributed by atoms with Crippen LogP contribution in [0.25, 0.3) is 0 Å². The monoisotopic (exact) mass is 446 g/mol. The second-order valence-electron chi connectivity index (χ2n) is 6.78. The van der Waals surface area contributed by atoms with Gasteiger partial charge in [0.1, 0.15) is 12.6 Å². The standard InChI is InChI=1S/C21H23ClN4O3S/c1-30-10-9-17(20(28)23-12-14-5-4-6-15(22)11-14)25-21(29)26-13-19(27)24-16-7-2-3-8-18(16)26/h2-8,11,17H,9-10,12-13H2,1H3,(H,23,28)(H,24,27)(H,25,29). The molecule has 0 aliphatic carbocycles. The van der Waals surface area contributed by atoms with E-state index in [4.69, 9.17) is 11.6 Å². The van der Waals surface area contributed by atoms with Crippen LogP contribution in [0, 0.1) is 0 Å². The molecule has 30 heavy (non-hydrogen) atoms. The molecule has 0 saturated heterocycles. The Morgan fingerprint density at radius 2 is 2.03 bits per heavy atom. The lowest BCUT2D eigenvalue weighted by Crippen LogP contribution is -2.54. The number of urea groups is 1. The molecule has 0 aromatic heterocycles. The van der Waals surface area contributed by atoms with E-state index in [9.17, 15) is 14.4 Å². The molecule has 1 unspecified atom stereocenters. The maximum absolute atomic E-state index is 12.9. The van der Waals surface area contributed by atoms with E-state index in [1.165, 1.54) is 4.90 Å².